The highest BCUT2D eigenvalue weighted by Gasteiger charge is 2.20. The lowest BCUT2D eigenvalue weighted by atomic mass is 10.3. The predicted octanol–water partition coefficient (Wildman–Crippen LogP) is 2.29. The Hall–Kier alpha value is -1.26. The molecule has 18 heavy (non-hydrogen) atoms. The Morgan fingerprint density at radius 3 is 2.94 bits per heavy atom. The van der Waals surface area contributed by atoms with Crippen molar-refractivity contribution in [1.82, 2.24) is 5.32 Å². The Morgan fingerprint density at radius 1 is 1.50 bits per heavy atom. The molecule has 2 N–H and O–H groups in total. The first-order valence-corrected chi connectivity index (χ1v) is 6.41. The second kappa shape index (κ2) is 6.07. The van der Waals surface area contributed by atoms with Crippen LogP contribution in [-0.4, -0.2) is 26.1 Å². The first kappa shape index (κ1) is 13.2. The minimum Gasteiger partial charge on any atom is -0.495 e. The van der Waals surface area contributed by atoms with Crippen LogP contribution in [0.4, 0.5) is 5.69 Å². The summed E-state index contributed by atoms with van der Waals surface area (Å²) in [4.78, 5) is 11.7. The summed E-state index contributed by atoms with van der Waals surface area (Å²) in [5.74, 6) is 1.28. The van der Waals surface area contributed by atoms with Crippen LogP contribution in [0.5, 0.6) is 5.75 Å². The number of rotatable bonds is 6. The number of halogens is 1. The zero-order chi connectivity index (χ0) is 13.0. The number of methoxy groups -OCH3 is 1. The van der Waals surface area contributed by atoms with Gasteiger partial charge in [0.2, 0.25) is 5.91 Å². The van der Waals surface area contributed by atoms with E-state index in [2.05, 4.69) is 10.6 Å². The van der Waals surface area contributed by atoms with Crippen LogP contribution in [-0.2, 0) is 4.79 Å². The summed E-state index contributed by atoms with van der Waals surface area (Å²) in [5.41, 5.74) is 0.600. The van der Waals surface area contributed by atoms with E-state index in [0.717, 1.165) is 12.5 Å². The fourth-order valence-corrected chi connectivity index (χ4v) is 1.86. The van der Waals surface area contributed by atoms with Gasteiger partial charge in [-0.1, -0.05) is 11.6 Å². The number of amides is 1. The molecule has 5 heteroatoms. The van der Waals surface area contributed by atoms with Crippen LogP contribution >= 0.6 is 11.6 Å². The Bertz CT molecular complexity index is 433. The van der Waals surface area contributed by atoms with Gasteiger partial charge in [0, 0.05) is 5.02 Å². The van der Waals surface area contributed by atoms with Crippen molar-refractivity contribution in [2.24, 2.45) is 5.92 Å². The Kier molecular flexibility index (Phi) is 4.44. The first-order valence-electron chi connectivity index (χ1n) is 6.03. The standard InChI is InChI=1S/C13H17ClN2O2/c1-18-12-5-4-10(14)6-11(12)16-13(17)8-15-7-9-2-3-9/h4-6,9,15H,2-3,7-8H2,1H3,(H,16,17). The highest BCUT2D eigenvalue weighted by Crippen LogP contribution is 2.28. The van der Waals surface area contributed by atoms with Crippen molar-refractivity contribution in [3.63, 3.8) is 0 Å². The van der Waals surface area contributed by atoms with Crippen LogP contribution in [0.2, 0.25) is 5.02 Å². The van der Waals surface area contributed by atoms with Crippen molar-refractivity contribution in [2.45, 2.75) is 12.8 Å². The fraction of sp³-hybridized carbons (Fsp3) is 0.462. The quantitative estimate of drug-likeness (QED) is 0.832. The van der Waals surface area contributed by atoms with Crippen molar-refractivity contribution in [3.05, 3.63) is 23.2 Å². The summed E-state index contributed by atoms with van der Waals surface area (Å²) in [6, 6.07) is 5.14. The van der Waals surface area contributed by atoms with Crippen LogP contribution in [0.25, 0.3) is 0 Å². The van der Waals surface area contributed by atoms with Crippen molar-refractivity contribution in [2.75, 3.05) is 25.5 Å². The minimum absolute atomic E-state index is 0.0868. The van der Waals surface area contributed by atoms with Gasteiger partial charge in [-0.25, -0.2) is 0 Å². The van der Waals surface area contributed by atoms with E-state index in [-0.39, 0.29) is 5.91 Å². The van der Waals surface area contributed by atoms with Crippen LogP contribution in [0.1, 0.15) is 12.8 Å². The average Bonchev–Trinajstić information content (AvgIpc) is 3.13. The molecule has 1 amide bonds. The van der Waals surface area contributed by atoms with Crippen molar-refractivity contribution in [3.8, 4) is 5.75 Å². The number of benzene rings is 1. The predicted molar refractivity (Wildman–Crippen MR) is 72.2 cm³/mol. The smallest absolute Gasteiger partial charge is 0.238 e. The van der Waals surface area contributed by atoms with Crippen LogP contribution < -0.4 is 15.4 Å². The zero-order valence-corrected chi connectivity index (χ0v) is 11.1. The Labute approximate surface area is 112 Å². The van der Waals surface area contributed by atoms with Crippen LogP contribution in [0.3, 0.4) is 0 Å². The average molecular weight is 269 g/mol. The Balaban J connectivity index is 1.86. The van der Waals surface area contributed by atoms with Crippen molar-refractivity contribution >= 4 is 23.2 Å². The monoisotopic (exact) mass is 268 g/mol. The molecule has 0 aliphatic heterocycles. The highest BCUT2D eigenvalue weighted by atomic mass is 35.5. The second-order valence-electron chi connectivity index (χ2n) is 4.47. The molecular weight excluding hydrogens is 252 g/mol. The van der Waals surface area contributed by atoms with E-state index in [4.69, 9.17) is 16.3 Å². The maximum atomic E-state index is 11.7. The van der Waals surface area contributed by atoms with Gasteiger partial charge in [0.05, 0.1) is 19.3 Å². The largest absolute Gasteiger partial charge is 0.495 e. The lowest BCUT2D eigenvalue weighted by Gasteiger charge is -2.10. The number of ether oxygens (including phenoxy) is 1. The molecule has 1 aliphatic carbocycles. The molecule has 0 saturated heterocycles. The number of hydrogen-bond donors (Lipinski definition) is 2. The van der Waals surface area contributed by atoms with E-state index in [1.54, 1.807) is 25.3 Å². The number of carbonyl (C=O) groups is 1. The third-order valence-corrected chi connectivity index (χ3v) is 3.09. The van der Waals surface area contributed by atoms with Gasteiger partial charge in [0.25, 0.3) is 0 Å². The molecule has 0 radical (unpaired) electrons. The molecule has 1 aliphatic rings. The van der Waals surface area contributed by atoms with Gasteiger partial charge in [-0.3, -0.25) is 4.79 Å². The minimum atomic E-state index is -0.0868. The number of carbonyl (C=O) groups excluding carboxylic acids is 1. The molecule has 1 fully saturated rings. The molecule has 0 aromatic heterocycles. The maximum absolute atomic E-state index is 11.7. The van der Waals surface area contributed by atoms with Crippen molar-refractivity contribution < 1.29 is 9.53 Å². The fourth-order valence-electron chi connectivity index (χ4n) is 1.68. The summed E-state index contributed by atoms with van der Waals surface area (Å²) in [5, 5.41) is 6.49. The molecule has 0 unspecified atom stereocenters. The summed E-state index contributed by atoms with van der Waals surface area (Å²) in [6.07, 6.45) is 2.55. The van der Waals surface area contributed by atoms with Gasteiger partial charge in [0.1, 0.15) is 5.75 Å². The summed E-state index contributed by atoms with van der Waals surface area (Å²) in [7, 11) is 1.56. The summed E-state index contributed by atoms with van der Waals surface area (Å²) < 4.78 is 5.16. The van der Waals surface area contributed by atoms with Crippen LogP contribution in [0, 0.1) is 5.92 Å². The molecule has 1 aromatic rings. The molecule has 0 spiro atoms. The topological polar surface area (TPSA) is 50.4 Å². The molecule has 0 atom stereocenters. The van der Waals surface area contributed by atoms with E-state index < -0.39 is 0 Å². The van der Waals surface area contributed by atoms with Gasteiger partial charge in [-0.05, 0) is 43.5 Å². The van der Waals surface area contributed by atoms with Gasteiger partial charge in [0.15, 0.2) is 0 Å². The summed E-state index contributed by atoms with van der Waals surface area (Å²) >= 11 is 5.89. The molecular formula is C13H17ClN2O2. The lowest BCUT2D eigenvalue weighted by Crippen LogP contribution is -2.29. The van der Waals surface area contributed by atoms with E-state index in [1.165, 1.54) is 12.8 Å². The lowest BCUT2D eigenvalue weighted by molar-refractivity contribution is -0.115. The normalized spacial score (nSPS) is 14.3. The third-order valence-electron chi connectivity index (χ3n) is 2.85. The van der Waals surface area contributed by atoms with Gasteiger partial charge < -0.3 is 15.4 Å². The van der Waals surface area contributed by atoms with E-state index in [0.29, 0.717) is 23.0 Å². The Morgan fingerprint density at radius 2 is 2.28 bits per heavy atom. The van der Waals surface area contributed by atoms with Gasteiger partial charge in [-0.15, -0.1) is 0 Å². The summed E-state index contributed by atoms with van der Waals surface area (Å²) in [6.45, 7) is 1.23. The van der Waals surface area contributed by atoms with E-state index in [1.807, 2.05) is 0 Å². The van der Waals surface area contributed by atoms with Crippen molar-refractivity contribution in [1.29, 1.82) is 0 Å². The maximum Gasteiger partial charge on any atom is 0.238 e. The number of nitrogens with one attached hydrogen (secondary N) is 2. The highest BCUT2D eigenvalue weighted by molar-refractivity contribution is 6.31. The van der Waals surface area contributed by atoms with Gasteiger partial charge >= 0.3 is 0 Å². The molecule has 2 rings (SSSR count). The van der Waals surface area contributed by atoms with Gasteiger partial charge in [-0.2, -0.15) is 0 Å². The zero-order valence-electron chi connectivity index (χ0n) is 10.3. The number of hydrogen-bond acceptors (Lipinski definition) is 3. The first-order chi connectivity index (χ1) is 8.69. The van der Waals surface area contributed by atoms with E-state index in [9.17, 15) is 4.79 Å². The third kappa shape index (κ3) is 3.89. The molecule has 1 saturated carbocycles. The SMILES string of the molecule is COc1ccc(Cl)cc1NC(=O)CNCC1CC1. The molecule has 4 nitrogen and oxygen atoms in total. The molecule has 98 valence electrons. The molecule has 0 heterocycles. The molecule has 1 aromatic carbocycles. The molecule has 0 bridgehead atoms. The number of anilines is 1. The van der Waals surface area contributed by atoms with Crippen LogP contribution in [0.15, 0.2) is 18.2 Å². The second-order valence-corrected chi connectivity index (χ2v) is 4.90. The van der Waals surface area contributed by atoms with E-state index >= 15 is 0 Å².